The molecule has 4 aromatic rings. The number of ether oxygens (including phenoxy) is 3. The lowest BCUT2D eigenvalue weighted by Crippen LogP contribution is -2.38. The van der Waals surface area contributed by atoms with Gasteiger partial charge in [-0.15, -0.1) is 10.2 Å². The summed E-state index contributed by atoms with van der Waals surface area (Å²) in [6, 6.07) is 4.85. The molecule has 1 amide bonds. The predicted molar refractivity (Wildman–Crippen MR) is 137 cm³/mol. The smallest absolute Gasteiger partial charge is 0.416 e. The minimum atomic E-state index is -0.782. The minimum Gasteiger partial charge on any atom is -0.493 e. The van der Waals surface area contributed by atoms with Crippen molar-refractivity contribution in [2.45, 2.75) is 52.7 Å². The molecule has 2 aliphatic heterocycles. The van der Waals surface area contributed by atoms with Crippen LogP contribution in [0.4, 0.5) is 15.0 Å². The lowest BCUT2D eigenvalue weighted by molar-refractivity contribution is 0.0574. The Morgan fingerprint density at radius 3 is 2.58 bits per heavy atom. The third-order valence-corrected chi connectivity index (χ3v) is 7.02. The second-order valence-corrected chi connectivity index (χ2v) is 10.8. The topological polar surface area (TPSA) is 96.0 Å². The summed E-state index contributed by atoms with van der Waals surface area (Å²) in [4.78, 5) is 15.1. The summed E-state index contributed by atoms with van der Waals surface area (Å²) in [5.41, 5.74) is 4.26. The van der Waals surface area contributed by atoms with Gasteiger partial charge in [0, 0.05) is 35.0 Å². The molecule has 0 saturated carbocycles. The number of amides is 1. The molecule has 5 heterocycles. The molecular formula is C27H29FN6O4. The maximum Gasteiger partial charge on any atom is 0.416 e. The number of hydrogen-bond acceptors (Lipinski definition) is 7. The molecule has 0 N–H and O–H groups in total. The normalized spacial score (nSPS) is 16.7. The van der Waals surface area contributed by atoms with Gasteiger partial charge < -0.3 is 14.2 Å². The van der Waals surface area contributed by atoms with Crippen LogP contribution in [0, 0.1) is 19.7 Å². The van der Waals surface area contributed by atoms with Gasteiger partial charge in [-0.1, -0.05) is 0 Å². The summed E-state index contributed by atoms with van der Waals surface area (Å²) in [5, 5.41) is 13.1. The highest BCUT2D eigenvalue weighted by molar-refractivity contribution is 5.92. The van der Waals surface area contributed by atoms with Crippen molar-refractivity contribution in [2.24, 2.45) is 7.05 Å². The Morgan fingerprint density at radius 2 is 1.89 bits per heavy atom. The van der Waals surface area contributed by atoms with Gasteiger partial charge in [-0.05, 0) is 52.8 Å². The van der Waals surface area contributed by atoms with Gasteiger partial charge in [0.2, 0.25) is 0 Å². The van der Waals surface area contributed by atoms with E-state index in [1.165, 1.54) is 17.3 Å². The fraction of sp³-hybridized carbons (Fsp3) is 0.407. The third-order valence-electron chi connectivity index (χ3n) is 7.02. The maximum atomic E-state index is 15.4. The molecule has 0 aliphatic carbocycles. The van der Waals surface area contributed by atoms with Crippen LogP contribution in [0.1, 0.15) is 49.2 Å². The lowest BCUT2D eigenvalue weighted by Gasteiger charge is -2.29. The second kappa shape index (κ2) is 8.44. The van der Waals surface area contributed by atoms with Crippen molar-refractivity contribution in [3.8, 4) is 22.6 Å². The fourth-order valence-corrected chi connectivity index (χ4v) is 5.32. The highest BCUT2D eigenvalue weighted by Crippen LogP contribution is 2.44. The Balaban J connectivity index is 1.62. The number of aryl methyl sites for hydroxylation is 2. The number of benzene rings is 1. The SMILES string of the molecule is Cc1nn(C)c(C)c1-c1cc2c(n3cnnc13)N(C(=O)OC(C)(C)C)Cc1c(F)ccc3c1[C@H](CO3)CO2. The van der Waals surface area contributed by atoms with Crippen molar-refractivity contribution in [1.82, 2.24) is 24.4 Å². The van der Waals surface area contributed by atoms with Crippen LogP contribution in [-0.4, -0.2) is 49.3 Å². The van der Waals surface area contributed by atoms with Gasteiger partial charge in [-0.2, -0.15) is 5.10 Å². The molecule has 10 nitrogen and oxygen atoms in total. The van der Waals surface area contributed by atoms with Gasteiger partial charge in [0.1, 0.15) is 23.5 Å². The molecule has 2 aliphatic rings. The molecule has 3 aromatic heterocycles. The number of hydrogen-bond donors (Lipinski definition) is 0. The summed E-state index contributed by atoms with van der Waals surface area (Å²) < 4.78 is 36.9. The zero-order chi connectivity index (χ0) is 26.9. The fourth-order valence-electron chi connectivity index (χ4n) is 5.32. The predicted octanol–water partition coefficient (Wildman–Crippen LogP) is 4.70. The van der Waals surface area contributed by atoms with Crippen LogP contribution in [-0.2, 0) is 18.3 Å². The zero-order valence-corrected chi connectivity index (χ0v) is 22.2. The average Bonchev–Trinajstić information content (AvgIpc) is 3.54. The van der Waals surface area contributed by atoms with Crippen molar-refractivity contribution >= 4 is 17.6 Å². The zero-order valence-electron chi connectivity index (χ0n) is 22.2. The standard InChI is InChI=1S/C27H29FN6O4/c1-14-22(15(2)32(6)31-14)17-9-21-25(34-13-29-30-24(17)34)33(26(35)38-27(3,4)5)10-18-19(28)7-8-20-23(18)16(11-36-20)12-37-21/h7-9,13,16H,10-12H2,1-6H3/t16-/m1/s1. The number of fused-ring (bicyclic) bond motifs is 3. The van der Waals surface area contributed by atoms with Crippen LogP contribution in [0.2, 0.25) is 0 Å². The monoisotopic (exact) mass is 520 g/mol. The largest absolute Gasteiger partial charge is 0.493 e. The van der Waals surface area contributed by atoms with Crippen molar-refractivity contribution in [3.05, 3.63) is 52.9 Å². The van der Waals surface area contributed by atoms with E-state index in [1.807, 2.05) is 31.6 Å². The summed E-state index contributed by atoms with van der Waals surface area (Å²) in [6.07, 6.45) is 0.880. The molecule has 0 saturated heterocycles. The van der Waals surface area contributed by atoms with E-state index < -0.39 is 17.5 Å². The first-order valence-electron chi connectivity index (χ1n) is 12.5. The van der Waals surface area contributed by atoms with Crippen molar-refractivity contribution < 1.29 is 23.4 Å². The van der Waals surface area contributed by atoms with Crippen LogP contribution in [0.3, 0.4) is 0 Å². The highest BCUT2D eigenvalue weighted by Gasteiger charge is 2.37. The molecule has 0 spiro atoms. The highest BCUT2D eigenvalue weighted by atomic mass is 19.1. The van der Waals surface area contributed by atoms with E-state index in [1.54, 1.807) is 31.2 Å². The average molecular weight is 521 g/mol. The number of aromatic nitrogens is 5. The lowest BCUT2D eigenvalue weighted by atomic mass is 9.95. The Morgan fingerprint density at radius 1 is 1.16 bits per heavy atom. The molecule has 0 unspecified atom stereocenters. The number of anilines is 1. The molecule has 0 fully saturated rings. The summed E-state index contributed by atoms with van der Waals surface area (Å²) in [7, 11) is 1.88. The van der Waals surface area contributed by atoms with Gasteiger partial charge in [-0.3, -0.25) is 14.0 Å². The molecule has 0 radical (unpaired) electrons. The number of carbonyl (C=O) groups is 1. The van der Waals surface area contributed by atoms with Crippen LogP contribution in [0.5, 0.6) is 11.5 Å². The number of rotatable bonds is 1. The van der Waals surface area contributed by atoms with Gasteiger partial charge in [-0.25, -0.2) is 9.18 Å². The number of pyridine rings is 1. The van der Waals surface area contributed by atoms with E-state index in [9.17, 15) is 4.79 Å². The molecular weight excluding hydrogens is 491 g/mol. The second-order valence-electron chi connectivity index (χ2n) is 10.8. The molecule has 1 atom stereocenters. The number of nitrogens with zero attached hydrogens (tertiary/aromatic N) is 6. The van der Waals surface area contributed by atoms with E-state index in [0.29, 0.717) is 40.7 Å². The van der Waals surface area contributed by atoms with Crippen molar-refractivity contribution in [1.29, 1.82) is 0 Å². The minimum absolute atomic E-state index is 0.0856. The Hall–Kier alpha value is -4.15. The number of halogens is 1. The molecule has 198 valence electrons. The quantitative estimate of drug-likeness (QED) is 0.359. The van der Waals surface area contributed by atoms with Crippen LogP contribution < -0.4 is 14.4 Å². The Labute approximate surface area is 218 Å². The van der Waals surface area contributed by atoms with E-state index >= 15 is 4.39 Å². The summed E-state index contributed by atoms with van der Waals surface area (Å²) in [5.74, 6) is 0.753. The van der Waals surface area contributed by atoms with Gasteiger partial charge >= 0.3 is 6.09 Å². The summed E-state index contributed by atoms with van der Waals surface area (Å²) in [6.45, 7) is 9.78. The van der Waals surface area contributed by atoms with Gasteiger partial charge in [0.05, 0.1) is 31.4 Å². The van der Waals surface area contributed by atoms with E-state index in [0.717, 1.165) is 22.5 Å². The Bertz CT molecular complexity index is 1600. The Kier molecular flexibility index (Phi) is 5.37. The van der Waals surface area contributed by atoms with Gasteiger partial charge in [0.25, 0.3) is 0 Å². The van der Waals surface area contributed by atoms with E-state index in [-0.39, 0.29) is 19.1 Å². The first-order valence-corrected chi connectivity index (χ1v) is 12.5. The van der Waals surface area contributed by atoms with E-state index in [2.05, 4.69) is 15.3 Å². The van der Waals surface area contributed by atoms with E-state index in [4.69, 9.17) is 14.2 Å². The molecule has 38 heavy (non-hydrogen) atoms. The van der Waals surface area contributed by atoms with Crippen LogP contribution in [0.15, 0.2) is 24.5 Å². The van der Waals surface area contributed by atoms with Gasteiger partial charge in [0.15, 0.2) is 17.2 Å². The molecule has 0 bridgehead atoms. The number of carbonyl (C=O) groups excluding carboxylic acids is 1. The molecule has 6 rings (SSSR count). The van der Waals surface area contributed by atoms with Crippen LogP contribution in [0.25, 0.3) is 16.8 Å². The summed E-state index contributed by atoms with van der Waals surface area (Å²) >= 11 is 0. The van der Waals surface area contributed by atoms with Crippen molar-refractivity contribution in [3.63, 3.8) is 0 Å². The maximum absolute atomic E-state index is 15.4. The third kappa shape index (κ3) is 3.75. The van der Waals surface area contributed by atoms with Crippen LogP contribution >= 0.6 is 0 Å². The molecule has 11 heteroatoms. The first kappa shape index (κ1) is 24.2. The molecule has 1 aromatic carbocycles. The van der Waals surface area contributed by atoms with Crippen molar-refractivity contribution in [2.75, 3.05) is 18.1 Å². The first-order chi connectivity index (χ1) is 18.0.